The van der Waals surface area contributed by atoms with Gasteiger partial charge >= 0.3 is 0 Å². The van der Waals surface area contributed by atoms with Gasteiger partial charge in [0.05, 0.1) is 24.5 Å². The molecule has 0 saturated carbocycles. The maximum absolute atomic E-state index is 13.4. The summed E-state index contributed by atoms with van der Waals surface area (Å²) < 4.78 is 17.7. The summed E-state index contributed by atoms with van der Waals surface area (Å²) in [6.45, 7) is 3.68. The number of ketones is 1. The summed E-state index contributed by atoms with van der Waals surface area (Å²) in [5, 5.41) is 57.4. The smallest absolute Gasteiger partial charge is 0.229 e. The number of carbonyl (C=O) groups excluding carboxylic acids is 1. The first-order valence-electron chi connectivity index (χ1n) is 13.9. The van der Waals surface area contributed by atoms with Crippen molar-refractivity contribution in [3.8, 4) is 29.1 Å². The zero-order valence-electron chi connectivity index (χ0n) is 23.4. The van der Waals surface area contributed by atoms with Crippen LogP contribution < -0.4 is 9.47 Å². The van der Waals surface area contributed by atoms with E-state index in [2.05, 4.69) is 16.8 Å². The number of hydrogen-bond donors (Lipinski definition) is 6. The van der Waals surface area contributed by atoms with Gasteiger partial charge in [0.1, 0.15) is 47.3 Å². The molecule has 10 nitrogen and oxygen atoms in total. The fourth-order valence-corrected chi connectivity index (χ4v) is 6.47. The average molecular weight is 576 g/mol. The largest absolute Gasteiger partial charge is 0.506 e. The number of aromatic hydroxyl groups is 1. The van der Waals surface area contributed by atoms with Crippen molar-refractivity contribution >= 4 is 22.6 Å². The number of aliphatic hydroxyl groups excluding tert-OH is 3. The number of H-pyrrole nitrogens is 1. The number of Topliss-reactive ketones (excluding diaryl/α,β-unsaturated/α-hetero) is 1. The van der Waals surface area contributed by atoms with Crippen LogP contribution in [0.1, 0.15) is 58.4 Å². The van der Waals surface area contributed by atoms with E-state index in [1.807, 2.05) is 13.1 Å². The molecule has 1 aromatic heterocycles. The minimum absolute atomic E-state index is 0.00663. The second-order valence-electron chi connectivity index (χ2n) is 11.1. The number of nitrogens with one attached hydrogen (secondary N) is 1. The molecule has 1 saturated heterocycles. The molecule has 7 unspecified atom stereocenters. The number of aromatic nitrogens is 1. The summed E-state index contributed by atoms with van der Waals surface area (Å²) in [4.78, 5) is 16.6. The van der Waals surface area contributed by atoms with Gasteiger partial charge in [0, 0.05) is 30.3 Å². The molecule has 0 radical (unpaired) electrons. The third kappa shape index (κ3) is 4.28. The maximum atomic E-state index is 13.4. The lowest BCUT2D eigenvalue weighted by molar-refractivity contribution is -0.300. The van der Waals surface area contributed by atoms with Crippen molar-refractivity contribution in [2.75, 3.05) is 7.11 Å². The monoisotopic (exact) mass is 575 g/mol. The number of phenols is 1. The molecule has 1 fully saturated rings. The van der Waals surface area contributed by atoms with E-state index in [0.29, 0.717) is 23.1 Å². The second kappa shape index (κ2) is 10.5. The molecule has 4 bridgehead atoms. The predicted octanol–water partition coefficient (Wildman–Crippen LogP) is 2.46. The quantitative estimate of drug-likeness (QED) is 0.252. The molecular formula is C32H33NO9. The van der Waals surface area contributed by atoms with E-state index in [9.17, 15) is 30.3 Å². The number of ether oxygens (including phenoxy) is 3. The Balaban J connectivity index is 1.56. The molecule has 2 aliphatic heterocycles. The van der Waals surface area contributed by atoms with Crippen LogP contribution in [0, 0.1) is 18.8 Å². The number of phenolic OH excluding ortho intramolecular Hbond substituents is 1. The number of benzene rings is 2. The van der Waals surface area contributed by atoms with Crippen LogP contribution in [0.25, 0.3) is 16.8 Å². The molecule has 3 aromatic rings. The van der Waals surface area contributed by atoms with E-state index in [0.717, 1.165) is 16.8 Å². The summed E-state index contributed by atoms with van der Waals surface area (Å²) in [6, 6.07) is 4.84. The number of aryl methyl sites for hydroxylation is 2. The van der Waals surface area contributed by atoms with Gasteiger partial charge in [-0.3, -0.25) is 4.79 Å². The Hall–Kier alpha value is -3.85. The van der Waals surface area contributed by atoms with E-state index in [1.54, 1.807) is 25.1 Å². The molecule has 0 spiro atoms. The van der Waals surface area contributed by atoms with Crippen LogP contribution in [-0.2, 0) is 11.2 Å². The van der Waals surface area contributed by atoms with Gasteiger partial charge in [-0.25, -0.2) is 0 Å². The predicted molar refractivity (Wildman–Crippen MR) is 152 cm³/mol. The Morgan fingerprint density at radius 3 is 2.67 bits per heavy atom. The van der Waals surface area contributed by atoms with Crippen molar-refractivity contribution in [2.45, 2.75) is 75.3 Å². The van der Waals surface area contributed by atoms with Crippen LogP contribution in [0.4, 0.5) is 0 Å². The number of hydrogen-bond acceptors (Lipinski definition) is 9. The number of aliphatic hydroxyl groups is 4. The number of aromatic amines is 1. The first-order valence-corrected chi connectivity index (χ1v) is 13.9. The lowest BCUT2D eigenvalue weighted by atomic mass is 9.69. The molecule has 0 amide bonds. The molecule has 3 aliphatic rings. The molecule has 10 heteroatoms. The van der Waals surface area contributed by atoms with Crippen LogP contribution in [-0.4, -0.2) is 79.7 Å². The molecule has 1 aliphatic carbocycles. The van der Waals surface area contributed by atoms with Crippen LogP contribution in [0.15, 0.2) is 30.5 Å². The summed E-state index contributed by atoms with van der Waals surface area (Å²) >= 11 is 0. The molecule has 2 aromatic carbocycles. The van der Waals surface area contributed by atoms with E-state index in [4.69, 9.17) is 14.2 Å². The van der Waals surface area contributed by atoms with Crippen molar-refractivity contribution in [2.24, 2.45) is 0 Å². The van der Waals surface area contributed by atoms with Crippen LogP contribution in [0.2, 0.25) is 0 Å². The van der Waals surface area contributed by atoms with E-state index < -0.39 is 48.0 Å². The standard InChI is InChI=1S/C32H33NO9/c1-4-16-14-33-20-9-10-32(39)19(24(16)20)7-5-6-8-21(34)23-15(2)11-17-12-18(40-3)13-22(25(17)26(23)35)41-31-29(38)27(36)28(37)30(32)42-31/h9-14,19,27-31,33,35-39H,4,7-8H2,1-3H3. The fraction of sp³-hybridized carbons (Fsp3) is 0.406. The lowest BCUT2D eigenvalue weighted by Gasteiger charge is -2.49. The van der Waals surface area contributed by atoms with Crippen molar-refractivity contribution in [1.82, 2.24) is 4.98 Å². The fourth-order valence-electron chi connectivity index (χ4n) is 6.47. The van der Waals surface area contributed by atoms with Gasteiger partial charge in [0.2, 0.25) is 6.29 Å². The number of rotatable bonds is 2. The van der Waals surface area contributed by atoms with E-state index in [1.165, 1.54) is 19.3 Å². The Morgan fingerprint density at radius 2 is 1.93 bits per heavy atom. The SMILES string of the molecule is CCc1c[nH]c2c1C1CC#CCC(=O)c3c(C)cc4cc(OC)cc(c4c3O)OC3OC(C(O)C(O)C3O)C1(O)C=C2. The summed E-state index contributed by atoms with van der Waals surface area (Å²) in [7, 11) is 1.46. The van der Waals surface area contributed by atoms with Gasteiger partial charge in [-0.05, 0) is 53.6 Å². The normalized spacial score (nSPS) is 30.4. The zero-order chi connectivity index (χ0) is 29.9. The first kappa shape index (κ1) is 28.3. The van der Waals surface area contributed by atoms with Gasteiger partial charge in [-0.2, -0.15) is 0 Å². The van der Waals surface area contributed by atoms with E-state index in [-0.39, 0.29) is 35.3 Å². The Kier molecular flexibility index (Phi) is 7.04. The Morgan fingerprint density at radius 1 is 1.14 bits per heavy atom. The molecule has 6 N–H and O–H groups in total. The Bertz CT molecular complexity index is 1660. The number of fused-ring (bicyclic) bond motifs is 7. The zero-order valence-corrected chi connectivity index (χ0v) is 23.4. The third-order valence-electron chi connectivity index (χ3n) is 8.65. The summed E-state index contributed by atoms with van der Waals surface area (Å²) in [5.41, 5.74) is 1.21. The van der Waals surface area contributed by atoms with Crippen molar-refractivity contribution in [1.29, 1.82) is 0 Å². The van der Waals surface area contributed by atoms with Gasteiger partial charge in [0.15, 0.2) is 5.78 Å². The molecule has 6 rings (SSSR count). The number of carbonyl (C=O) groups is 1. The van der Waals surface area contributed by atoms with Gasteiger partial charge in [0.25, 0.3) is 0 Å². The molecule has 3 heterocycles. The summed E-state index contributed by atoms with van der Waals surface area (Å²) in [5.74, 6) is 4.85. The highest BCUT2D eigenvalue weighted by atomic mass is 16.7. The molecular weight excluding hydrogens is 542 g/mol. The highest BCUT2D eigenvalue weighted by molar-refractivity contribution is 6.08. The van der Waals surface area contributed by atoms with Crippen LogP contribution in [0.5, 0.6) is 17.2 Å². The van der Waals surface area contributed by atoms with Crippen molar-refractivity contribution in [3.05, 3.63) is 58.4 Å². The minimum atomic E-state index is -1.89. The van der Waals surface area contributed by atoms with Crippen LogP contribution in [0.3, 0.4) is 0 Å². The van der Waals surface area contributed by atoms with Gasteiger partial charge < -0.3 is 44.7 Å². The van der Waals surface area contributed by atoms with Crippen molar-refractivity contribution in [3.63, 3.8) is 0 Å². The van der Waals surface area contributed by atoms with E-state index >= 15 is 0 Å². The van der Waals surface area contributed by atoms with Crippen LogP contribution >= 0.6 is 0 Å². The van der Waals surface area contributed by atoms with Crippen molar-refractivity contribution < 1.29 is 44.5 Å². The summed E-state index contributed by atoms with van der Waals surface area (Å²) in [6.07, 6.45) is -2.63. The third-order valence-corrected chi connectivity index (χ3v) is 8.65. The Labute approximate surface area is 242 Å². The second-order valence-corrected chi connectivity index (χ2v) is 11.1. The lowest BCUT2D eigenvalue weighted by Crippen LogP contribution is -2.66. The van der Waals surface area contributed by atoms with Gasteiger partial charge in [-0.15, -0.1) is 5.92 Å². The molecule has 7 atom stereocenters. The average Bonchev–Trinajstić information content (AvgIpc) is 3.38. The highest BCUT2D eigenvalue weighted by Crippen LogP contribution is 2.47. The number of methoxy groups -OCH3 is 1. The minimum Gasteiger partial charge on any atom is -0.506 e. The maximum Gasteiger partial charge on any atom is 0.229 e. The highest BCUT2D eigenvalue weighted by Gasteiger charge is 2.56. The van der Waals surface area contributed by atoms with Gasteiger partial charge in [-0.1, -0.05) is 18.9 Å². The molecule has 220 valence electrons. The first-order chi connectivity index (χ1) is 20.1. The topological polar surface area (TPSA) is 162 Å². The molecule has 42 heavy (non-hydrogen) atoms.